The van der Waals surface area contributed by atoms with Crippen LogP contribution < -0.4 is 5.73 Å². The second-order valence-electron chi connectivity index (χ2n) is 3.62. The molecule has 0 bridgehead atoms. The van der Waals surface area contributed by atoms with Crippen molar-refractivity contribution < 1.29 is 0 Å². The van der Waals surface area contributed by atoms with E-state index < -0.39 is 0 Å². The van der Waals surface area contributed by atoms with Crippen LogP contribution >= 0.6 is 11.6 Å². The molecular weight excluding hydrogens is 280 g/mol. The van der Waals surface area contributed by atoms with Gasteiger partial charge in [-0.3, -0.25) is 0 Å². The Morgan fingerprint density at radius 1 is 1.14 bits per heavy atom. The Hall–Kier alpha value is -2.06. The molecule has 1 rings (SSSR count). The Balaban J connectivity index is 0. The maximum atomic E-state index is 7.95. The molecule has 0 spiro atoms. The Kier molecular flexibility index (Phi) is 14.5. The average Bonchev–Trinajstić information content (AvgIpc) is 2.57. The number of rotatable bonds is 4. The molecule has 0 aromatic heterocycles. The van der Waals surface area contributed by atoms with Crippen molar-refractivity contribution in [2.24, 2.45) is 5.73 Å². The first-order valence-corrected chi connectivity index (χ1v) is 7.23. The zero-order chi connectivity index (χ0) is 16.7. The lowest BCUT2D eigenvalue weighted by Crippen LogP contribution is -2.04. The molecule has 0 aliphatic rings. The summed E-state index contributed by atoms with van der Waals surface area (Å²) in [5.74, 6) is 0. The topological polar surface area (TPSA) is 49.9 Å². The van der Waals surface area contributed by atoms with Crippen LogP contribution in [-0.2, 0) is 0 Å². The van der Waals surface area contributed by atoms with E-state index in [0.717, 1.165) is 11.1 Å². The molecule has 2 nitrogen and oxygen atoms in total. The van der Waals surface area contributed by atoms with Crippen LogP contribution in [0.2, 0.25) is 0 Å². The normalized spacial score (nSPS) is 11.0. The summed E-state index contributed by atoms with van der Waals surface area (Å²) in [5.41, 5.74) is 8.79. The van der Waals surface area contributed by atoms with Crippen molar-refractivity contribution in [2.45, 2.75) is 13.8 Å². The third-order valence-electron chi connectivity index (χ3n) is 2.38. The molecular formula is C18H25ClN2. The quantitative estimate of drug-likeness (QED) is 0.347. The van der Waals surface area contributed by atoms with Crippen molar-refractivity contribution in [3.05, 3.63) is 84.6 Å². The van der Waals surface area contributed by atoms with Crippen molar-refractivity contribution in [1.29, 1.82) is 5.41 Å². The first kappa shape index (κ1) is 21.2. The largest absolute Gasteiger partial charge is 0.398 e. The second-order valence-corrected chi connectivity index (χ2v) is 3.62. The van der Waals surface area contributed by atoms with Crippen molar-refractivity contribution in [3.63, 3.8) is 0 Å². The molecule has 3 heteroatoms. The van der Waals surface area contributed by atoms with Gasteiger partial charge in [-0.25, -0.2) is 0 Å². The fourth-order valence-electron chi connectivity index (χ4n) is 1.48. The van der Waals surface area contributed by atoms with E-state index in [-0.39, 0.29) is 0 Å². The zero-order valence-corrected chi connectivity index (χ0v) is 13.8. The van der Waals surface area contributed by atoms with Crippen LogP contribution in [0.15, 0.2) is 79.1 Å². The fourth-order valence-corrected chi connectivity index (χ4v) is 1.48. The van der Waals surface area contributed by atoms with E-state index in [1.807, 2.05) is 62.4 Å². The monoisotopic (exact) mass is 304 g/mol. The highest BCUT2D eigenvalue weighted by Gasteiger charge is 2.00. The van der Waals surface area contributed by atoms with Gasteiger partial charge in [-0.15, -0.1) is 24.8 Å². The minimum atomic E-state index is 0.423. The fraction of sp³-hybridized carbons (Fsp3) is 0.167. The van der Waals surface area contributed by atoms with Gasteiger partial charge in [-0.2, -0.15) is 0 Å². The second kappa shape index (κ2) is 14.4. The van der Waals surface area contributed by atoms with Crippen LogP contribution in [0.25, 0.3) is 0 Å². The Labute approximate surface area is 133 Å². The molecule has 0 unspecified atom stereocenters. The lowest BCUT2D eigenvalue weighted by molar-refractivity contribution is 1.33. The molecule has 0 aliphatic heterocycles. The third-order valence-corrected chi connectivity index (χ3v) is 2.38. The Morgan fingerprint density at radius 3 is 2.10 bits per heavy atom. The first-order valence-electron chi connectivity index (χ1n) is 6.47. The number of hydrogen-bond donors (Lipinski definition) is 2. The van der Waals surface area contributed by atoms with Crippen molar-refractivity contribution >= 4 is 17.3 Å². The highest BCUT2D eigenvalue weighted by molar-refractivity contribution is 6.15. The minimum Gasteiger partial charge on any atom is -0.398 e. The maximum absolute atomic E-state index is 7.95. The number of hydrogen-bond acceptors (Lipinski definition) is 2. The average molecular weight is 305 g/mol. The molecule has 0 radical (unpaired) electrons. The molecule has 0 fully saturated rings. The van der Waals surface area contributed by atoms with Gasteiger partial charge in [0.2, 0.25) is 0 Å². The zero-order valence-electron chi connectivity index (χ0n) is 13.1. The maximum Gasteiger partial charge on any atom is 0.0632 e. The van der Waals surface area contributed by atoms with Crippen LogP contribution in [0.4, 0.5) is 0 Å². The van der Waals surface area contributed by atoms with Crippen LogP contribution in [0.1, 0.15) is 19.4 Å². The highest BCUT2D eigenvalue weighted by atomic mass is 35.5. The van der Waals surface area contributed by atoms with Gasteiger partial charge in [0.1, 0.15) is 0 Å². The van der Waals surface area contributed by atoms with Gasteiger partial charge in [0.05, 0.1) is 5.71 Å². The van der Waals surface area contributed by atoms with E-state index >= 15 is 0 Å². The number of allylic oxidation sites excluding steroid dienone is 4. The summed E-state index contributed by atoms with van der Waals surface area (Å²) in [4.78, 5) is 0. The molecule has 3 N–H and O–H groups in total. The van der Waals surface area contributed by atoms with E-state index in [4.69, 9.17) is 11.1 Å². The van der Waals surface area contributed by atoms with Crippen LogP contribution in [0.3, 0.4) is 0 Å². The third kappa shape index (κ3) is 8.66. The summed E-state index contributed by atoms with van der Waals surface area (Å²) in [6.07, 6.45) is 8.96. The minimum absolute atomic E-state index is 0.423. The first-order chi connectivity index (χ1) is 10.2. The van der Waals surface area contributed by atoms with Crippen molar-refractivity contribution in [3.8, 4) is 0 Å². The Bertz CT molecular complexity index is 485. The van der Waals surface area contributed by atoms with Gasteiger partial charge >= 0.3 is 0 Å². The summed E-state index contributed by atoms with van der Waals surface area (Å²) >= 11 is 4.64. The van der Waals surface area contributed by atoms with Gasteiger partial charge in [-0.05, 0) is 31.1 Å². The van der Waals surface area contributed by atoms with Crippen molar-refractivity contribution in [1.82, 2.24) is 0 Å². The number of halogens is 1. The van der Waals surface area contributed by atoms with Gasteiger partial charge in [0.25, 0.3) is 0 Å². The van der Waals surface area contributed by atoms with Crippen LogP contribution in [0.5, 0.6) is 0 Å². The molecule has 0 saturated carbocycles. The lowest BCUT2D eigenvalue weighted by Gasteiger charge is -2.03. The van der Waals surface area contributed by atoms with Gasteiger partial charge in [-0.1, -0.05) is 48.6 Å². The summed E-state index contributed by atoms with van der Waals surface area (Å²) in [7, 11) is 0. The number of benzene rings is 1. The molecule has 0 heterocycles. The smallest absolute Gasteiger partial charge is 0.0632 e. The van der Waals surface area contributed by atoms with Crippen molar-refractivity contribution in [2.75, 3.05) is 6.38 Å². The summed E-state index contributed by atoms with van der Waals surface area (Å²) in [6.45, 7) is 9.88. The predicted octanol–water partition coefficient (Wildman–Crippen LogP) is 5.08. The number of alkyl halides is 1. The molecule has 0 atom stereocenters. The molecule has 1 aromatic carbocycles. The molecule has 0 aliphatic carbocycles. The van der Waals surface area contributed by atoms with E-state index in [0.29, 0.717) is 11.4 Å². The van der Waals surface area contributed by atoms with Crippen LogP contribution in [0, 0.1) is 5.41 Å². The van der Waals surface area contributed by atoms with E-state index in [9.17, 15) is 0 Å². The number of nitrogens with two attached hydrogens (primary N) is 1. The lowest BCUT2D eigenvalue weighted by atomic mass is 10.1. The number of nitrogens with one attached hydrogen (secondary N) is 1. The highest BCUT2D eigenvalue weighted by Crippen LogP contribution is 2.08. The standard InChI is InChI=1S/C15H18N2.C2H4.CH3Cl/c1-3-8-12(4-2)14(16)11-15(17)13-9-6-5-7-10-13;2*1-2/h3-11,17H,16H2,1-2H3;1-2H2;1H3/b8-3-,12-4+,14-11-,17-15?;;. The summed E-state index contributed by atoms with van der Waals surface area (Å²) < 4.78 is 0. The van der Waals surface area contributed by atoms with E-state index in [2.05, 4.69) is 24.8 Å². The van der Waals surface area contributed by atoms with Gasteiger partial charge in [0.15, 0.2) is 0 Å². The molecule has 21 heavy (non-hydrogen) atoms. The Morgan fingerprint density at radius 2 is 1.67 bits per heavy atom. The predicted molar refractivity (Wildman–Crippen MR) is 97.1 cm³/mol. The van der Waals surface area contributed by atoms with Crippen LogP contribution in [-0.4, -0.2) is 12.1 Å². The summed E-state index contributed by atoms with van der Waals surface area (Å²) in [5, 5.41) is 7.95. The SMILES string of the molecule is C=C.CCl.C\C=C/C(=C\C)C(/N)=C/C(=N)c1ccccc1. The molecule has 114 valence electrons. The van der Waals surface area contributed by atoms with Gasteiger partial charge in [0, 0.05) is 12.1 Å². The van der Waals surface area contributed by atoms with E-state index in [1.54, 1.807) is 6.08 Å². The molecule has 0 saturated heterocycles. The van der Waals surface area contributed by atoms with E-state index in [1.165, 1.54) is 6.38 Å². The summed E-state index contributed by atoms with van der Waals surface area (Å²) in [6, 6.07) is 9.56. The molecule has 1 aromatic rings. The van der Waals surface area contributed by atoms with Gasteiger partial charge < -0.3 is 11.1 Å². The molecule has 0 amide bonds.